The van der Waals surface area contributed by atoms with Crippen molar-refractivity contribution in [1.82, 2.24) is 9.78 Å². The summed E-state index contributed by atoms with van der Waals surface area (Å²) in [4.78, 5) is 13.9. The van der Waals surface area contributed by atoms with Gasteiger partial charge in [-0.05, 0) is 31.0 Å². The van der Waals surface area contributed by atoms with Gasteiger partial charge in [0.15, 0.2) is 5.03 Å². The van der Waals surface area contributed by atoms with E-state index in [-0.39, 0.29) is 11.1 Å². The van der Waals surface area contributed by atoms with Crippen molar-refractivity contribution >= 4 is 21.7 Å². The molecule has 1 amide bonds. The lowest BCUT2D eigenvalue weighted by molar-refractivity contribution is -0.566. The van der Waals surface area contributed by atoms with Gasteiger partial charge in [0.1, 0.15) is 0 Å². The highest BCUT2D eigenvalue weighted by atomic mass is 32.2. The average Bonchev–Trinajstić information content (AvgIpc) is 3.23. The Labute approximate surface area is 134 Å². The SMILES string of the molecule is CN(C)c1cc[n+](C(=O)[N-]S(=O)(=O)c2ccn(C3CC3)n2)cc1. The summed E-state index contributed by atoms with van der Waals surface area (Å²) in [6.07, 6.45) is 6.53. The Morgan fingerprint density at radius 3 is 2.52 bits per heavy atom. The first-order valence-electron chi connectivity index (χ1n) is 7.13. The van der Waals surface area contributed by atoms with Crippen LogP contribution in [0, 0.1) is 0 Å². The van der Waals surface area contributed by atoms with Gasteiger partial charge in [-0.1, -0.05) is 4.72 Å². The lowest BCUT2D eigenvalue weighted by Crippen LogP contribution is -2.41. The lowest BCUT2D eigenvalue weighted by Gasteiger charge is -2.13. The van der Waals surface area contributed by atoms with Gasteiger partial charge in [0.25, 0.3) is 0 Å². The molecule has 0 atom stereocenters. The standard InChI is InChI=1S/C14H17N5O3S/c1-17(2)11-5-8-18(9-6-11)14(20)16-23(21,22)13-7-10-19(15-13)12-3-4-12/h5-10,12H,3-4H2,1-2H3. The maximum atomic E-state index is 12.2. The highest BCUT2D eigenvalue weighted by Gasteiger charge is 2.28. The number of pyridine rings is 1. The maximum Gasteiger partial charge on any atom is 0.362 e. The van der Waals surface area contributed by atoms with Crippen molar-refractivity contribution in [1.29, 1.82) is 0 Å². The number of anilines is 1. The number of hydrogen-bond donors (Lipinski definition) is 0. The molecule has 0 spiro atoms. The van der Waals surface area contributed by atoms with Crippen molar-refractivity contribution in [3.63, 3.8) is 0 Å². The molecule has 1 fully saturated rings. The van der Waals surface area contributed by atoms with Gasteiger partial charge in [-0.25, -0.2) is 4.79 Å². The summed E-state index contributed by atoms with van der Waals surface area (Å²) in [6.45, 7) is 0. The molecule has 2 aromatic heterocycles. The molecule has 3 rings (SSSR count). The molecule has 2 heterocycles. The molecule has 0 N–H and O–H groups in total. The van der Waals surface area contributed by atoms with Crippen LogP contribution in [0.5, 0.6) is 0 Å². The van der Waals surface area contributed by atoms with Crippen LogP contribution in [-0.2, 0) is 10.0 Å². The summed E-state index contributed by atoms with van der Waals surface area (Å²) in [6, 6.07) is 4.15. The van der Waals surface area contributed by atoms with E-state index < -0.39 is 16.1 Å². The number of nitrogens with zero attached hydrogens (tertiary/aromatic N) is 5. The van der Waals surface area contributed by atoms with E-state index in [1.807, 2.05) is 19.0 Å². The summed E-state index contributed by atoms with van der Waals surface area (Å²) in [5.74, 6) is 0. The molecule has 0 bridgehead atoms. The minimum absolute atomic E-state index is 0.205. The third-order valence-corrected chi connectivity index (χ3v) is 4.66. The van der Waals surface area contributed by atoms with E-state index in [4.69, 9.17) is 0 Å². The molecule has 0 radical (unpaired) electrons. The lowest BCUT2D eigenvalue weighted by atomic mass is 10.4. The van der Waals surface area contributed by atoms with Gasteiger partial charge < -0.3 is 4.90 Å². The Morgan fingerprint density at radius 1 is 1.30 bits per heavy atom. The van der Waals surface area contributed by atoms with Gasteiger partial charge in [0.05, 0.1) is 6.04 Å². The Kier molecular flexibility index (Phi) is 3.80. The van der Waals surface area contributed by atoms with Crippen LogP contribution in [0.3, 0.4) is 0 Å². The minimum Gasteiger partial charge on any atom is -0.378 e. The molecular weight excluding hydrogens is 318 g/mol. The molecule has 1 aliphatic rings. The zero-order valence-electron chi connectivity index (χ0n) is 12.8. The first-order chi connectivity index (χ1) is 10.9. The van der Waals surface area contributed by atoms with Crippen LogP contribution in [0.2, 0.25) is 0 Å². The van der Waals surface area contributed by atoms with Crippen LogP contribution < -0.4 is 9.47 Å². The molecule has 0 aliphatic heterocycles. The van der Waals surface area contributed by atoms with Crippen LogP contribution >= 0.6 is 0 Å². The quantitative estimate of drug-likeness (QED) is 0.786. The van der Waals surface area contributed by atoms with Gasteiger partial charge >= 0.3 is 16.1 Å². The summed E-state index contributed by atoms with van der Waals surface area (Å²) < 4.78 is 30.4. The third kappa shape index (κ3) is 3.34. The first kappa shape index (κ1) is 15.5. The largest absolute Gasteiger partial charge is 0.378 e. The molecule has 0 saturated heterocycles. The number of carbonyl (C=O) groups is 1. The number of carbonyl (C=O) groups excluding carboxylic acids is 1. The monoisotopic (exact) mass is 335 g/mol. The van der Waals surface area contributed by atoms with Crippen molar-refractivity contribution < 1.29 is 17.8 Å². The van der Waals surface area contributed by atoms with Crippen LogP contribution in [0.15, 0.2) is 41.8 Å². The van der Waals surface area contributed by atoms with Gasteiger partial charge in [0, 0.05) is 38.4 Å². The molecule has 9 heteroatoms. The number of rotatable bonds is 4. The second-order valence-corrected chi connectivity index (χ2v) is 7.12. The number of sulfonamides is 1. The third-order valence-electron chi connectivity index (χ3n) is 3.52. The number of aromatic nitrogens is 3. The van der Waals surface area contributed by atoms with E-state index in [1.165, 1.54) is 18.5 Å². The van der Waals surface area contributed by atoms with Gasteiger partial charge in [0.2, 0.25) is 0 Å². The van der Waals surface area contributed by atoms with Crippen LogP contribution in [0.4, 0.5) is 10.5 Å². The smallest absolute Gasteiger partial charge is 0.362 e. The zero-order chi connectivity index (χ0) is 16.6. The predicted octanol–water partition coefficient (Wildman–Crippen LogP) is 1.30. The fourth-order valence-corrected chi connectivity index (χ4v) is 2.87. The van der Waals surface area contributed by atoms with Crippen molar-refractivity contribution in [3.8, 4) is 0 Å². The fourth-order valence-electron chi connectivity index (χ4n) is 2.04. The second-order valence-electron chi connectivity index (χ2n) is 5.57. The van der Waals surface area contributed by atoms with E-state index in [1.54, 1.807) is 23.0 Å². The fraction of sp³-hybridized carbons (Fsp3) is 0.357. The molecule has 0 unspecified atom stereocenters. The van der Waals surface area contributed by atoms with Crippen molar-refractivity contribution in [3.05, 3.63) is 41.5 Å². The van der Waals surface area contributed by atoms with E-state index >= 15 is 0 Å². The molecule has 23 heavy (non-hydrogen) atoms. The van der Waals surface area contributed by atoms with Gasteiger partial charge in [-0.2, -0.15) is 13.5 Å². The summed E-state index contributed by atoms with van der Waals surface area (Å²) in [7, 11) is -0.372. The molecule has 8 nitrogen and oxygen atoms in total. The van der Waals surface area contributed by atoms with Gasteiger partial charge in [-0.15, -0.1) is 0 Å². The molecule has 122 valence electrons. The summed E-state index contributed by atoms with van der Waals surface area (Å²) in [5.41, 5.74) is 0.889. The summed E-state index contributed by atoms with van der Waals surface area (Å²) in [5, 5.41) is 3.79. The van der Waals surface area contributed by atoms with Gasteiger partial charge in [-0.3, -0.25) is 9.25 Å². The van der Waals surface area contributed by atoms with Crippen molar-refractivity contribution in [2.75, 3.05) is 19.0 Å². The highest BCUT2D eigenvalue weighted by molar-refractivity contribution is 7.94. The topological polar surface area (TPSA) is 90.3 Å². The minimum atomic E-state index is -4.11. The molecule has 0 aromatic carbocycles. The molecule has 1 saturated carbocycles. The Hall–Kier alpha value is -2.42. The highest BCUT2D eigenvalue weighted by Crippen LogP contribution is 2.34. The Morgan fingerprint density at radius 2 is 1.96 bits per heavy atom. The van der Waals surface area contributed by atoms with Crippen molar-refractivity contribution in [2.24, 2.45) is 0 Å². The molecule has 2 aromatic rings. The first-order valence-corrected chi connectivity index (χ1v) is 8.57. The maximum absolute atomic E-state index is 12.2. The second kappa shape index (κ2) is 5.65. The molecular formula is C14H17N5O3S. The Balaban J connectivity index is 1.74. The average molecular weight is 335 g/mol. The Bertz CT molecular complexity index is 822. The number of amides is 1. The van der Waals surface area contributed by atoms with Crippen LogP contribution in [-0.4, -0.2) is 38.3 Å². The number of hydrogen-bond acceptors (Lipinski definition) is 5. The van der Waals surface area contributed by atoms with Crippen LogP contribution in [0.1, 0.15) is 18.9 Å². The van der Waals surface area contributed by atoms with E-state index in [0.29, 0.717) is 0 Å². The van der Waals surface area contributed by atoms with Crippen LogP contribution in [0.25, 0.3) is 4.72 Å². The zero-order valence-corrected chi connectivity index (χ0v) is 13.6. The van der Waals surface area contributed by atoms with Crippen molar-refractivity contribution in [2.45, 2.75) is 23.9 Å². The van der Waals surface area contributed by atoms with E-state index in [2.05, 4.69) is 9.82 Å². The summed E-state index contributed by atoms with van der Waals surface area (Å²) >= 11 is 0. The van der Waals surface area contributed by atoms with E-state index in [0.717, 1.165) is 23.1 Å². The molecule has 1 aliphatic carbocycles. The normalized spacial score (nSPS) is 14.5. The predicted molar refractivity (Wildman–Crippen MR) is 82.8 cm³/mol. The van der Waals surface area contributed by atoms with E-state index in [9.17, 15) is 13.2 Å².